The molecule has 8 atom stereocenters. The average Bonchev–Trinajstić information content (AvgIpc) is 3.33. The van der Waals surface area contributed by atoms with E-state index in [4.69, 9.17) is 0 Å². The highest BCUT2D eigenvalue weighted by Crippen LogP contribution is 2.65. The van der Waals surface area contributed by atoms with Crippen molar-refractivity contribution in [1.29, 1.82) is 0 Å². The van der Waals surface area contributed by atoms with Crippen LogP contribution in [0.2, 0.25) is 0 Å². The number of rotatable bonds is 2. The van der Waals surface area contributed by atoms with Crippen LogP contribution in [-0.4, -0.2) is 16.5 Å². The Labute approximate surface area is 190 Å². The lowest BCUT2D eigenvalue weighted by Gasteiger charge is -2.56. The van der Waals surface area contributed by atoms with Crippen molar-refractivity contribution >= 4 is 27.2 Å². The number of Topliss-reactive ketones (excluding diaryl/α,β-unsaturated/α-hetero) is 1. The molecule has 1 N–H and O–H groups in total. The van der Waals surface area contributed by atoms with Gasteiger partial charge in [-0.15, -0.1) is 11.3 Å². The lowest BCUT2D eigenvalue weighted by atomic mass is 9.49. The lowest BCUT2D eigenvalue weighted by Crippen LogP contribution is -2.51. The van der Waals surface area contributed by atoms with E-state index in [0.717, 1.165) is 53.9 Å². The Hall–Kier alpha value is -1.19. The van der Waals surface area contributed by atoms with Crippen LogP contribution in [0.4, 0.5) is 0 Å². The number of hydrogen-bond donors (Lipinski definition) is 1. The highest BCUT2D eigenvalue weighted by molar-refractivity contribution is 7.17. The number of carbonyl (C=O) groups is 1. The van der Waals surface area contributed by atoms with E-state index in [1.54, 1.807) is 11.3 Å². The fourth-order valence-electron chi connectivity index (χ4n) is 8.87. The highest BCUT2D eigenvalue weighted by atomic mass is 32.1. The first-order chi connectivity index (χ1) is 14.9. The van der Waals surface area contributed by atoms with E-state index in [2.05, 4.69) is 43.5 Å². The summed E-state index contributed by atoms with van der Waals surface area (Å²) in [6.07, 6.45) is 10.7. The zero-order chi connectivity index (χ0) is 21.4. The molecule has 4 saturated carbocycles. The second-order valence-corrected chi connectivity index (χ2v) is 12.8. The van der Waals surface area contributed by atoms with Gasteiger partial charge in [-0.05, 0) is 106 Å². The summed E-state index contributed by atoms with van der Waals surface area (Å²) in [5.74, 6) is 4.52. The minimum absolute atomic E-state index is 0.175. The zero-order valence-corrected chi connectivity index (χ0v) is 19.8. The summed E-state index contributed by atoms with van der Waals surface area (Å²) in [5.41, 5.74) is 0.715. The van der Waals surface area contributed by atoms with Crippen molar-refractivity contribution in [3.05, 3.63) is 35.2 Å². The molecule has 0 saturated heterocycles. The van der Waals surface area contributed by atoms with Gasteiger partial charge in [0.1, 0.15) is 0 Å². The molecule has 0 spiro atoms. The van der Waals surface area contributed by atoms with Crippen LogP contribution in [0.1, 0.15) is 82.0 Å². The van der Waals surface area contributed by atoms with E-state index < -0.39 is 5.60 Å². The van der Waals surface area contributed by atoms with E-state index >= 15 is 0 Å². The Bertz CT molecular complexity index is 1010. The van der Waals surface area contributed by atoms with E-state index in [9.17, 15) is 9.90 Å². The Morgan fingerprint density at radius 1 is 0.968 bits per heavy atom. The second-order valence-electron chi connectivity index (χ2n) is 11.9. The summed E-state index contributed by atoms with van der Waals surface area (Å²) >= 11 is 1.72. The van der Waals surface area contributed by atoms with Crippen LogP contribution in [0.15, 0.2) is 29.6 Å². The molecule has 0 amide bonds. The summed E-state index contributed by atoms with van der Waals surface area (Å²) < 4.78 is 1.24. The molecule has 166 valence electrons. The molecule has 5 unspecified atom stereocenters. The second kappa shape index (κ2) is 7.15. The molecule has 1 aromatic carbocycles. The van der Waals surface area contributed by atoms with Crippen molar-refractivity contribution in [1.82, 2.24) is 0 Å². The maximum atomic E-state index is 13.8. The molecule has 2 nitrogen and oxygen atoms in total. The van der Waals surface area contributed by atoms with Gasteiger partial charge >= 0.3 is 0 Å². The number of thiophene rings is 1. The van der Waals surface area contributed by atoms with Crippen LogP contribution in [0.5, 0.6) is 0 Å². The third-order valence-electron chi connectivity index (χ3n) is 10.3. The van der Waals surface area contributed by atoms with Gasteiger partial charge in [0.15, 0.2) is 5.78 Å². The summed E-state index contributed by atoms with van der Waals surface area (Å²) in [4.78, 5) is 13.8. The van der Waals surface area contributed by atoms with Crippen molar-refractivity contribution in [2.24, 2.45) is 40.9 Å². The number of hydrogen-bond acceptors (Lipinski definition) is 3. The number of carbonyl (C=O) groups excluding carboxylic acids is 1. The van der Waals surface area contributed by atoms with Crippen LogP contribution < -0.4 is 0 Å². The van der Waals surface area contributed by atoms with Gasteiger partial charge in [-0.1, -0.05) is 25.1 Å². The molecule has 4 fully saturated rings. The van der Waals surface area contributed by atoms with E-state index in [1.807, 2.05) is 0 Å². The molecule has 1 aromatic heterocycles. The van der Waals surface area contributed by atoms with Gasteiger partial charge in [0.25, 0.3) is 0 Å². The Morgan fingerprint density at radius 2 is 1.77 bits per heavy atom. The highest BCUT2D eigenvalue weighted by Gasteiger charge is 2.58. The third kappa shape index (κ3) is 3.09. The maximum absolute atomic E-state index is 13.8. The zero-order valence-electron chi connectivity index (χ0n) is 19.0. The Kier molecular flexibility index (Phi) is 4.71. The molecule has 0 bridgehead atoms. The van der Waals surface area contributed by atoms with Gasteiger partial charge in [-0.2, -0.15) is 0 Å². The standard InChI is InChI=1S/C28H36O2S/c1-27(30)13-11-18-17(15-27)7-8-20-19(18)12-14-28(2)23(20)9-10-24(28)26(29)22-16-31-25-6-4-3-5-21(22)25/h3-6,16-20,23-24,30H,7-15H2,1-2H3/t17?,18?,19-,20?,23+,24?,27-,28?/m1/s1. The smallest absolute Gasteiger partial charge is 0.167 e. The molecule has 4 aliphatic carbocycles. The molecule has 0 radical (unpaired) electrons. The number of benzene rings is 1. The molecule has 1 heterocycles. The van der Waals surface area contributed by atoms with Crippen LogP contribution in [0, 0.1) is 40.9 Å². The first-order valence-electron chi connectivity index (χ1n) is 12.6. The summed E-state index contributed by atoms with van der Waals surface area (Å²) in [7, 11) is 0. The molecule has 31 heavy (non-hydrogen) atoms. The summed E-state index contributed by atoms with van der Waals surface area (Å²) in [6.45, 7) is 4.52. The lowest BCUT2D eigenvalue weighted by molar-refractivity contribution is -0.0976. The first-order valence-corrected chi connectivity index (χ1v) is 13.5. The fraction of sp³-hybridized carbons (Fsp3) is 0.679. The maximum Gasteiger partial charge on any atom is 0.167 e. The number of fused-ring (bicyclic) bond motifs is 6. The van der Waals surface area contributed by atoms with Crippen LogP contribution >= 0.6 is 11.3 Å². The SMILES string of the molecule is CC12CC[C@@H]3C4CC[C@@](C)(O)CC4CCC3[C@@H]1CCC2C(=O)c1csc2ccccc12. The predicted molar refractivity (Wildman–Crippen MR) is 127 cm³/mol. The predicted octanol–water partition coefficient (Wildman–Crippen LogP) is 7.10. The minimum atomic E-state index is -0.439. The van der Waals surface area contributed by atoms with Crippen LogP contribution in [-0.2, 0) is 0 Å². The normalized spacial score (nSPS) is 44.5. The summed E-state index contributed by atoms with van der Waals surface area (Å²) in [6, 6.07) is 8.41. The van der Waals surface area contributed by atoms with Gasteiger partial charge in [0.2, 0.25) is 0 Å². The van der Waals surface area contributed by atoms with Crippen molar-refractivity contribution in [2.45, 2.75) is 77.2 Å². The quantitative estimate of drug-likeness (QED) is 0.510. The van der Waals surface area contributed by atoms with E-state index in [-0.39, 0.29) is 11.3 Å². The van der Waals surface area contributed by atoms with Crippen molar-refractivity contribution in [3.8, 4) is 0 Å². The Balaban J connectivity index is 1.26. The molecular weight excluding hydrogens is 400 g/mol. The average molecular weight is 437 g/mol. The molecular formula is C28H36O2S. The fourth-order valence-corrected chi connectivity index (χ4v) is 9.82. The van der Waals surface area contributed by atoms with Crippen LogP contribution in [0.25, 0.3) is 10.1 Å². The molecule has 6 rings (SSSR count). The minimum Gasteiger partial charge on any atom is -0.390 e. The number of ketones is 1. The molecule has 2 aromatic rings. The van der Waals surface area contributed by atoms with Gasteiger partial charge in [-0.25, -0.2) is 0 Å². The van der Waals surface area contributed by atoms with Gasteiger partial charge in [0.05, 0.1) is 5.60 Å². The third-order valence-corrected chi connectivity index (χ3v) is 11.3. The van der Waals surface area contributed by atoms with E-state index in [0.29, 0.717) is 11.7 Å². The van der Waals surface area contributed by atoms with E-state index in [1.165, 1.54) is 43.2 Å². The van der Waals surface area contributed by atoms with Crippen molar-refractivity contribution < 1.29 is 9.90 Å². The molecule has 4 aliphatic rings. The molecule has 3 heteroatoms. The Morgan fingerprint density at radius 3 is 2.65 bits per heavy atom. The van der Waals surface area contributed by atoms with Crippen LogP contribution in [0.3, 0.4) is 0 Å². The first kappa shape index (κ1) is 20.4. The summed E-state index contributed by atoms with van der Waals surface area (Å²) in [5, 5.41) is 13.9. The van der Waals surface area contributed by atoms with Gasteiger partial charge in [-0.3, -0.25) is 4.79 Å². The monoisotopic (exact) mass is 436 g/mol. The van der Waals surface area contributed by atoms with Gasteiger partial charge < -0.3 is 5.11 Å². The largest absolute Gasteiger partial charge is 0.390 e. The topological polar surface area (TPSA) is 37.3 Å². The van der Waals surface area contributed by atoms with Gasteiger partial charge in [0, 0.05) is 26.9 Å². The molecule has 0 aliphatic heterocycles. The number of aliphatic hydroxyl groups is 1. The van der Waals surface area contributed by atoms with Crippen molar-refractivity contribution in [3.63, 3.8) is 0 Å². The van der Waals surface area contributed by atoms with Crippen molar-refractivity contribution in [2.75, 3.05) is 0 Å².